The lowest BCUT2D eigenvalue weighted by Crippen LogP contribution is -2.49. The fourth-order valence-electron chi connectivity index (χ4n) is 3.02. The smallest absolute Gasteiger partial charge is 0.253 e. The molecular weight excluding hydrogens is 364 g/mol. The molecule has 146 valence electrons. The number of carbonyl (C=O) groups excluding carboxylic acids is 1. The molecule has 27 heavy (non-hydrogen) atoms. The van der Waals surface area contributed by atoms with E-state index in [9.17, 15) is 4.79 Å². The van der Waals surface area contributed by atoms with Gasteiger partial charge in [-0.25, -0.2) is 0 Å². The minimum atomic E-state index is 0. The van der Waals surface area contributed by atoms with Gasteiger partial charge in [0.1, 0.15) is 0 Å². The van der Waals surface area contributed by atoms with Crippen LogP contribution in [0, 0.1) is 0 Å². The van der Waals surface area contributed by atoms with Gasteiger partial charge in [-0.1, -0.05) is 32.9 Å². The Hall–Kier alpha value is -2.34. The summed E-state index contributed by atoms with van der Waals surface area (Å²) in [5, 5.41) is 8.19. The van der Waals surface area contributed by atoms with E-state index >= 15 is 0 Å². The highest BCUT2D eigenvalue weighted by Gasteiger charge is 2.23. The summed E-state index contributed by atoms with van der Waals surface area (Å²) in [4.78, 5) is 16.8. The Morgan fingerprint density at radius 2 is 1.59 bits per heavy atom. The molecule has 0 bridgehead atoms. The molecule has 1 fully saturated rings. The van der Waals surface area contributed by atoms with Crippen LogP contribution in [-0.2, 0) is 5.41 Å². The van der Waals surface area contributed by atoms with Gasteiger partial charge >= 0.3 is 0 Å². The zero-order valence-electron chi connectivity index (χ0n) is 16.3. The molecule has 0 aliphatic carbocycles. The second-order valence-electron chi connectivity index (χ2n) is 7.54. The maximum absolute atomic E-state index is 12.8. The molecular formula is C20H27ClN4O2. The molecule has 2 heterocycles. The van der Waals surface area contributed by atoms with Gasteiger partial charge in [-0.15, -0.1) is 22.6 Å². The molecule has 0 atom stereocenters. The molecule has 1 aromatic heterocycles. The first-order chi connectivity index (χ1) is 12.4. The summed E-state index contributed by atoms with van der Waals surface area (Å²) in [5.41, 5.74) is 2.07. The Balaban J connectivity index is 0.00000261. The number of piperazine rings is 1. The summed E-state index contributed by atoms with van der Waals surface area (Å²) in [7, 11) is 1.57. The Morgan fingerprint density at radius 3 is 2.07 bits per heavy atom. The summed E-state index contributed by atoms with van der Waals surface area (Å²) >= 11 is 0. The highest BCUT2D eigenvalue weighted by Crippen LogP contribution is 2.23. The van der Waals surface area contributed by atoms with Crippen molar-refractivity contribution >= 4 is 24.1 Å². The van der Waals surface area contributed by atoms with Crippen molar-refractivity contribution < 1.29 is 9.53 Å². The topological polar surface area (TPSA) is 58.6 Å². The fraction of sp³-hybridized carbons (Fsp3) is 0.450. The summed E-state index contributed by atoms with van der Waals surface area (Å²) in [6.07, 6.45) is 0. The second-order valence-corrected chi connectivity index (χ2v) is 7.54. The van der Waals surface area contributed by atoms with Crippen LogP contribution in [0.5, 0.6) is 5.88 Å². The average Bonchev–Trinajstić information content (AvgIpc) is 2.67. The molecule has 0 N–H and O–H groups in total. The van der Waals surface area contributed by atoms with Crippen LogP contribution in [-0.4, -0.2) is 54.3 Å². The van der Waals surface area contributed by atoms with Crippen LogP contribution >= 0.6 is 12.4 Å². The van der Waals surface area contributed by atoms with E-state index in [2.05, 4.69) is 48.0 Å². The molecule has 1 aromatic carbocycles. The number of rotatable bonds is 3. The number of amides is 1. The molecule has 0 radical (unpaired) electrons. The van der Waals surface area contributed by atoms with Gasteiger partial charge in [-0.05, 0) is 29.2 Å². The SMILES string of the molecule is COc1ccc(N2CCN(C(=O)c3ccc(C(C)(C)C)cc3)CC2)nn1.Cl. The highest BCUT2D eigenvalue weighted by molar-refractivity contribution is 5.94. The minimum absolute atomic E-state index is 0. The number of anilines is 1. The number of ether oxygens (including phenoxy) is 1. The molecule has 0 spiro atoms. The van der Waals surface area contributed by atoms with E-state index in [1.165, 1.54) is 5.56 Å². The fourth-order valence-corrected chi connectivity index (χ4v) is 3.02. The maximum atomic E-state index is 12.8. The monoisotopic (exact) mass is 390 g/mol. The minimum Gasteiger partial charge on any atom is -0.480 e. The number of carbonyl (C=O) groups is 1. The van der Waals surface area contributed by atoms with Crippen LogP contribution in [0.1, 0.15) is 36.7 Å². The van der Waals surface area contributed by atoms with Gasteiger partial charge in [0.2, 0.25) is 5.88 Å². The third-order valence-corrected chi connectivity index (χ3v) is 4.72. The van der Waals surface area contributed by atoms with Gasteiger partial charge in [0.05, 0.1) is 7.11 Å². The predicted octanol–water partition coefficient (Wildman–Crippen LogP) is 3.17. The molecule has 1 amide bonds. The van der Waals surface area contributed by atoms with Gasteiger partial charge in [0.15, 0.2) is 5.82 Å². The summed E-state index contributed by atoms with van der Waals surface area (Å²) < 4.78 is 5.04. The Morgan fingerprint density at radius 1 is 0.963 bits per heavy atom. The number of benzene rings is 1. The molecule has 3 rings (SSSR count). The lowest BCUT2D eigenvalue weighted by molar-refractivity contribution is 0.0746. The third-order valence-electron chi connectivity index (χ3n) is 4.72. The lowest BCUT2D eigenvalue weighted by Gasteiger charge is -2.35. The quantitative estimate of drug-likeness (QED) is 0.805. The van der Waals surface area contributed by atoms with Gasteiger partial charge < -0.3 is 14.5 Å². The maximum Gasteiger partial charge on any atom is 0.253 e. The van der Waals surface area contributed by atoms with Crippen molar-refractivity contribution in [3.8, 4) is 5.88 Å². The van der Waals surface area contributed by atoms with Crippen molar-refractivity contribution in [1.82, 2.24) is 15.1 Å². The predicted molar refractivity (Wildman–Crippen MR) is 109 cm³/mol. The van der Waals surface area contributed by atoms with Crippen molar-refractivity contribution in [3.05, 3.63) is 47.5 Å². The van der Waals surface area contributed by atoms with E-state index in [1.54, 1.807) is 13.2 Å². The van der Waals surface area contributed by atoms with Crippen LogP contribution in [0.25, 0.3) is 0 Å². The first-order valence-electron chi connectivity index (χ1n) is 8.91. The van der Waals surface area contributed by atoms with Crippen LogP contribution in [0.4, 0.5) is 5.82 Å². The molecule has 1 aliphatic heterocycles. The molecule has 1 saturated heterocycles. The Kier molecular flexibility index (Phi) is 6.65. The zero-order chi connectivity index (χ0) is 18.7. The highest BCUT2D eigenvalue weighted by atomic mass is 35.5. The van der Waals surface area contributed by atoms with E-state index in [1.807, 2.05) is 23.1 Å². The van der Waals surface area contributed by atoms with E-state index < -0.39 is 0 Å². The number of aromatic nitrogens is 2. The van der Waals surface area contributed by atoms with Crippen molar-refractivity contribution in [2.75, 3.05) is 38.2 Å². The van der Waals surface area contributed by atoms with Gasteiger partial charge in [0.25, 0.3) is 5.91 Å². The van der Waals surface area contributed by atoms with Crippen LogP contribution in [0.2, 0.25) is 0 Å². The first kappa shape index (κ1) is 21.0. The van der Waals surface area contributed by atoms with Crippen molar-refractivity contribution in [3.63, 3.8) is 0 Å². The lowest BCUT2D eigenvalue weighted by atomic mass is 9.86. The first-order valence-corrected chi connectivity index (χ1v) is 8.91. The van der Waals surface area contributed by atoms with Crippen LogP contribution in [0.3, 0.4) is 0 Å². The molecule has 6 nitrogen and oxygen atoms in total. The number of hydrogen-bond donors (Lipinski definition) is 0. The third kappa shape index (κ3) is 4.89. The zero-order valence-corrected chi connectivity index (χ0v) is 17.1. The molecule has 7 heteroatoms. The van der Waals surface area contributed by atoms with Crippen LogP contribution in [0.15, 0.2) is 36.4 Å². The Labute approximate surface area is 166 Å². The standard InChI is InChI=1S/C20H26N4O2.ClH/c1-20(2,3)16-7-5-15(6-8-16)19(25)24-13-11-23(12-14-24)17-9-10-18(26-4)22-21-17;/h5-10H,11-14H2,1-4H3;1H. The van der Waals surface area contributed by atoms with Gasteiger partial charge in [-0.3, -0.25) is 4.79 Å². The largest absolute Gasteiger partial charge is 0.480 e. The van der Waals surface area contributed by atoms with Crippen molar-refractivity contribution in [2.24, 2.45) is 0 Å². The van der Waals surface area contributed by atoms with Crippen molar-refractivity contribution in [1.29, 1.82) is 0 Å². The number of methoxy groups -OCH3 is 1. The molecule has 2 aromatic rings. The number of hydrogen-bond acceptors (Lipinski definition) is 5. The van der Waals surface area contributed by atoms with Gasteiger partial charge in [-0.2, -0.15) is 0 Å². The molecule has 0 unspecified atom stereocenters. The van der Waals surface area contributed by atoms with Gasteiger partial charge in [0, 0.05) is 37.8 Å². The van der Waals surface area contributed by atoms with E-state index in [-0.39, 0.29) is 23.7 Å². The van der Waals surface area contributed by atoms with Crippen molar-refractivity contribution in [2.45, 2.75) is 26.2 Å². The summed E-state index contributed by atoms with van der Waals surface area (Å²) in [6, 6.07) is 11.7. The Bertz CT molecular complexity index is 749. The molecule has 0 saturated carbocycles. The second kappa shape index (κ2) is 8.57. The van der Waals surface area contributed by atoms with E-state index in [4.69, 9.17) is 4.74 Å². The van der Waals surface area contributed by atoms with Crippen LogP contribution < -0.4 is 9.64 Å². The number of nitrogens with zero attached hydrogens (tertiary/aromatic N) is 4. The average molecular weight is 391 g/mol. The van der Waals surface area contributed by atoms with E-state index in [0.717, 1.165) is 24.5 Å². The summed E-state index contributed by atoms with van der Waals surface area (Å²) in [6.45, 7) is 9.35. The normalized spacial score (nSPS) is 14.5. The molecule has 1 aliphatic rings. The number of halogens is 1. The summed E-state index contributed by atoms with van der Waals surface area (Å²) in [5.74, 6) is 1.40. The van der Waals surface area contributed by atoms with E-state index in [0.29, 0.717) is 19.0 Å².